The summed E-state index contributed by atoms with van der Waals surface area (Å²) in [7, 11) is 3.21. The van der Waals surface area contributed by atoms with Gasteiger partial charge in [0.05, 0.1) is 19.1 Å². The third-order valence-corrected chi connectivity index (χ3v) is 3.64. The molecular formula is C17H16N4O4. The van der Waals surface area contributed by atoms with Crippen molar-refractivity contribution in [3.8, 4) is 17.2 Å². The average molecular weight is 340 g/mol. The largest absolute Gasteiger partial charge is 0.495 e. The zero-order valence-corrected chi connectivity index (χ0v) is 13.6. The van der Waals surface area contributed by atoms with Crippen molar-refractivity contribution in [1.82, 2.24) is 9.97 Å². The first-order valence-electron chi connectivity index (χ1n) is 7.34. The van der Waals surface area contributed by atoms with Crippen molar-refractivity contribution >= 4 is 23.4 Å². The van der Waals surface area contributed by atoms with E-state index in [2.05, 4.69) is 9.97 Å². The van der Waals surface area contributed by atoms with E-state index in [9.17, 15) is 9.90 Å². The summed E-state index contributed by atoms with van der Waals surface area (Å²) >= 11 is 0. The molecule has 0 atom stereocenters. The topological polar surface area (TPSA) is 115 Å². The summed E-state index contributed by atoms with van der Waals surface area (Å²) in [4.78, 5) is 21.7. The molecule has 3 aromatic rings. The predicted molar refractivity (Wildman–Crippen MR) is 92.2 cm³/mol. The first kappa shape index (κ1) is 16.3. The number of furan rings is 1. The lowest BCUT2D eigenvalue weighted by molar-refractivity contribution is 0.0697. The Bertz CT molecular complexity index is 909. The smallest absolute Gasteiger partial charge is 0.341 e. The number of nitrogens with zero attached hydrogens (tertiary/aromatic N) is 3. The minimum Gasteiger partial charge on any atom is -0.495 e. The van der Waals surface area contributed by atoms with Gasteiger partial charge in [0, 0.05) is 7.05 Å². The van der Waals surface area contributed by atoms with E-state index in [1.54, 1.807) is 36.2 Å². The van der Waals surface area contributed by atoms with Gasteiger partial charge in [-0.25, -0.2) is 9.78 Å². The highest BCUT2D eigenvalue weighted by Gasteiger charge is 2.26. The van der Waals surface area contributed by atoms with Crippen molar-refractivity contribution < 1.29 is 19.1 Å². The Labute approximate surface area is 143 Å². The van der Waals surface area contributed by atoms with Gasteiger partial charge in [0.1, 0.15) is 17.0 Å². The molecule has 3 N–H and O–H groups in total. The van der Waals surface area contributed by atoms with Gasteiger partial charge in [0.2, 0.25) is 5.95 Å². The van der Waals surface area contributed by atoms with Gasteiger partial charge in [-0.15, -0.1) is 0 Å². The Morgan fingerprint density at radius 2 is 2.00 bits per heavy atom. The van der Waals surface area contributed by atoms with Crippen molar-refractivity contribution in [2.45, 2.75) is 0 Å². The van der Waals surface area contributed by atoms with Crippen LogP contribution in [0.5, 0.6) is 5.75 Å². The van der Waals surface area contributed by atoms with Crippen LogP contribution in [0.25, 0.3) is 11.5 Å². The first-order valence-corrected chi connectivity index (χ1v) is 7.34. The highest BCUT2D eigenvalue weighted by molar-refractivity contribution is 6.00. The van der Waals surface area contributed by atoms with Gasteiger partial charge in [-0.05, 0) is 24.3 Å². The number of carbonyl (C=O) groups is 1. The van der Waals surface area contributed by atoms with E-state index >= 15 is 0 Å². The van der Waals surface area contributed by atoms with Crippen LogP contribution in [0, 0.1) is 0 Å². The number of methoxy groups -OCH3 is 1. The summed E-state index contributed by atoms with van der Waals surface area (Å²) in [6.45, 7) is 0. The summed E-state index contributed by atoms with van der Waals surface area (Å²) < 4.78 is 10.6. The number of carboxylic acids is 1. The Balaban J connectivity index is 2.23. The number of carboxylic acid groups (broad SMARTS) is 1. The van der Waals surface area contributed by atoms with Gasteiger partial charge in [-0.3, -0.25) is 0 Å². The number of benzene rings is 1. The lowest BCUT2D eigenvalue weighted by Crippen LogP contribution is -2.19. The zero-order valence-electron chi connectivity index (χ0n) is 13.6. The summed E-state index contributed by atoms with van der Waals surface area (Å²) in [5, 5.41) is 9.74. The van der Waals surface area contributed by atoms with Gasteiger partial charge in [-0.2, -0.15) is 4.98 Å². The Hall–Kier alpha value is -3.55. The molecule has 8 heteroatoms. The lowest BCUT2D eigenvalue weighted by Gasteiger charge is -2.23. The fourth-order valence-electron chi connectivity index (χ4n) is 2.52. The van der Waals surface area contributed by atoms with Crippen LogP contribution in [0.1, 0.15) is 10.4 Å². The van der Waals surface area contributed by atoms with E-state index in [1.165, 1.54) is 13.4 Å². The molecule has 0 aliphatic heterocycles. The van der Waals surface area contributed by atoms with E-state index in [0.717, 1.165) is 0 Å². The average Bonchev–Trinajstić information content (AvgIpc) is 3.14. The first-order chi connectivity index (χ1) is 12.0. The monoisotopic (exact) mass is 340 g/mol. The van der Waals surface area contributed by atoms with Crippen molar-refractivity contribution in [1.29, 1.82) is 0 Å². The maximum Gasteiger partial charge on any atom is 0.341 e. The molecular weight excluding hydrogens is 324 g/mol. The molecule has 0 unspecified atom stereocenters. The zero-order chi connectivity index (χ0) is 18.0. The third-order valence-electron chi connectivity index (χ3n) is 3.64. The SMILES string of the molecule is COc1ccccc1N(C)c1nc(N)nc(-c2ccco2)c1C(=O)O. The summed E-state index contributed by atoms with van der Waals surface area (Å²) in [5.74, 6) is -0.258. The second-order valence-corrected chi connectivity index (χ2v) is 5.14. The molecule has 128 valence electrons. The fraction of sp³-hybridized carbons (Fsp3) is 0.118. The molecule has 0 bridgehead atoms. The van der Waals surface area contributed by atoms with Crippen LogP contribution >= 0.6 is 0 Å². The Morgan fingerprint density at radius 3 is 2.64 bits per heavy atom. The number of ether oxygens (including phenoxy) is 1. The second kappa shape index (κ2) is 6.52. The molecule has 2 heterocycles. The molecule has 0 amide bonds. The summed E-state index contributed by atoms with van der Waals surface area (Å²) in [6.07, 6.45) is 1.43. The van der Waals surface area contributed by atoms with Crippen LogP contribution in [-0.4, -0.2) is 35.2 Å². The Kier molecular flexibility index (Phi) is 4.25. The van der Waals surface area contributed by atoms with Crippen LogP contribution < -0.4 is 15.4 Å². The lowest BCUT2D eigenvalue weighted by atomic mass is 10.1. The molecule has 0 spiro atoms. The number of aromatic nitrogens is 2. The molecule has 0 fully saturated rings. The van der Waals surface area contributed by atoms with Crippen LogP contribution in [0.4, 0.5) is 17.5 Å². The van der Waals surface area contributed by atoms with Gasteiger partial charge in [0.25, 0.3) is 0 Å². The predicted octanol–water partition coefficient (Wildman–Crippen LogP) is 2.79. The number of rotatable bonds is 5. The molecule has 2 aromatic heterocycles. The molecule has 3 rings (SSSR count). The van der Waals surface area contributed by atoms with Crippen LogP contribution in [-0.2, 0) is 0 Å². The van der Waals surface area contributed by atoms with E-state index in [4.69, 9.17) is 14.9 Å². The van der Waals surface area contributed by atoms with Gasteiger partial charge < -0.3 is 24.9 Å². The van der Waals surface area contributed by atoms with Gasteiger partial charge in [0.15, 0.2) is 11.6 Å². The molecule has 0 aliphatic carbocycles. The summed E-state index contributed by atoms with van der Waals surface area (Å²) in [5.41, 5.74) is 6.44. The molecule has 0 saturated carbocycles. The van der Waals surface area contributed by atoms with E-state index in [0.29, 0.717) is 17.2 Å². The standard InChI is InChI=1S/C17H16N4O4/c1-21(10-6-3-4-7-11(10)24-2)15-13(16(22)23)14(19-17(18)20-15)12-8-5-9-25-12/h3-9H,1-2H3,(H,22,23)(H2,18,19,20). The number of hydrogen-bond acceptors (Lipinski definition) is 7. The van der Waals surface area contributed by atoms with Crippen molar-refractivity contribution in [2.75, 3.05) is 24.8 Å². The number of anilines is 3. The van der Waals surface area contributed by atoms with Gasteiger partial charge >= 0.3 is 5.97 Å². The van der Waals surface area contributed by atoms with E-state index in [1.807, 2.05) is 12.1 Å². The number of nitrogens with two attached hydrogens (primary N) is 1. The number of para-hydroxylation sites is 2. The number of nitrogen functional groups attached to an aromatic ring is 1. The minimum atomic E-state index is -1.19. The van der Waals surface area contributed by atoms with Crippen molar-refractivity contribution in [3.05, 3.63) is 48.2 Å². The maximum atomic E-state index is 11.9. The Morgan fingerprint density at radius 1 is 1.24 bits per heavy atom. The molecule has 25 heavy (non-hydrogen) atoms. The van der Waals surface area contributed by atoms with Crippen LogP contribution in [0.2, 0.25) is 0 Å². The number of aromatic carboxylic acids is 1. The highest BCUT2D eigenvalue weighted by Crippen LogP contribution is 2.36. The van der Waals surface area contributed by atoms with Crippen molar-refractivity contribution in [2.24, 2.45) is 0 Å². The van der Waals surface area contributed by atoms with Crippen LogP contribution in [0.15, 0.2) is 47.1 Å². The van der Waals surface area contributed by atoms with Crippen molar-refractivity contribution in [3.63, 3.8) is 0 Å². The number of hydrogen-bond donors (Lipinski definition) is 2. The maximum absolute atomic E-state index is 11.9. The third kappa shape index (κ3) is 2.97. The van der Waals surface area contributed by atoms with Gasteiger partial charge in [-0.1, -0.05) is 12.1 Å². The minimum absolute atomic E-state index is 0.0619. The second-order valence-electron chi connectivity index (χ2n) is 5.14. The van der Waals surface area contributed by atoms with Crippen LogP contribution in [0.3, 0.4) is 0 Å². The quantitative estimate of drug-likeness (QED) is 0.728. The molecule has 0 aliphatic rings. The molecule has 0 radical (unpaired) electrons. The molecule has 0 saturated heterocycles. The summed E-state index contributed by atoms with van der Waals surface area (Å²) in [6, 6.07) is 10.4. The normalized spacial score (nSPS) is 10.5. The molecule has 8 nitrogen and oxygen atoms in total. The molecule has 1 aromatic carbocycles. The fourth-order valence-corrected chi connectivity index (χ4v) is 2.52. The van der Waals surface area contributed by atoms with E-state index < -0.39 is 5.97 Å². The van der Waals surface area contributed by atoms with E-state index in [-0.39, 0.29) is 23.0 Å². The highest BCUT2D eigenvalue weighted by atomic mass is 16.5.